The molecule has 4 aromatic rings. The molecular weight excluding hydrogens is 418 g/mol. The molecule has 172 valence electrons. The fourth-order valence-corrected chi connectivity index (χ4v) is 3.49. The first-order chi connectivity index (χ1) is 16.0. The molecule has 0 saturated heterocycles. The Morgan fingerprint density at radius 1 is 1.06 bits per heavy atom. The number of amides is 1. The quantitative estimate of drug-likeness (QED) is 0.355. The van der Waals surface area contributed by atoms with E-state index in [1.165, 1.54) is 0 Å². The third-order valence-electron chi connectivity index (χ3n) is 5.28. The summed E-state index contributed by atoms with van der Waals surface area (Å²) < 4.78 is 15.8. The van der Waals surface area contributed by atoms with Gasteiger partial charge in [0.05, 0.1) is 23.8 Å². The Morgan fingerprint density at radius 3 is 2.64 bits per heavy atom. The summed E-state index contributed by atoms with van der Waals surface area (Å²) in [6.07, 6.45) is 6.21. The number of para-hydroxylation sites is 2. The van der Waals surface area contributed by atoms with Crippen molar-refractivity contribution in [1.82, 2.24) is 24.6 Å². The smallest absolute Gasteiger partial charge is 0.263 e. The van der Waals surface area contributed by atoms with Crippen LogP contribution in [-0.4, -0.2) is 44.0 Å². The normalized spacial score (nSPS) is 11.5. The number of aryl methyl sites for hydroxylation is 1. The number of nitrogens with zero attached hydrogens (tertiary/aromatic N) is 4. The number of carbonyl (C=O) groups is 1. The predicted molar refractivity (Wildman–Crippen MR) is 126 cm³/mol. The summed E-state index contributed by atoms with van der Waals surface area (Å²) in [5.41, 5.74) is -0.141. The van der Waals surface area contributed by atoms with Gasteiger partial charge in [0.2, 0.25) is 5.88 Å². The number of rotatable bonds is 11. The first kappa shape index (κ1) is 22.4. The molecule has 8 heteroatoms. The number of carbonyl (C=O) groups excluding carboxylic acids is 1. The Balaban J connectivity index is 1.37. The van der Waals surface area contributed by atoms with E-state index in [0.29, 0.717) is 25.6 Å². The minimum absolute atomic E-state index is 0.181. The van der Waals surface area contributed by atoms with Crippen molar-refractivity contribution in [1.29, 1.82) is 0 Å². The van der Waals surface area contributed by atoms with Crippen LogP contribution in [0.3, 0.4) is 0 Å². The number of nitrogens with one attached hydrogen (secondary N) is 1. The molecule has 0 unspecified atom stereocenters. The van der Waals surface area contributed by atoms with E-state index >= 15 is 0 Å². The highest BCUT2D eigenvalue weighted by atomic mass is 16.5. The van der Waals surface area contributed by atoms with Crippen LogP contribution < -0.4 is 14.8 Å². The van der Waals surface area contributed by atoms with Crippen LogP contribution in [0.2, 0.25) is 0 Å². The van der Waals surface area contributed by atoms with Gasteiger partial charge in [-0.2, -0.15) is 0 Å². The molecule has 1 N–H and O–H groups in total. The number of ether oxygens (including phenoxy) is 2. The van der Waals surface area contributed by atoms with Crippen molar-refractivity contribution in [2.24, 2.45) is 0 Å². The molecule has 8 nitrogen and oxygen atoms in total. The Hall–Kier alpha value is -3.81. The Kier molecular flexibility index (Phi) is 6.92. The summed E-state index contributed by atoms with van der Waals surface area (Å²) in [6, 6.07) is 17.5. The van der Waals surface area contributed by atoms with Gasteiger partial charge in [-0.3, -0.25) is 9.48 Å². The van der Waals surface area contributed by atoms with Gasteiger partial charge in [0.1, 0.15) is 12.4 Å². The minimum atomic E-state index is -1.07. The van der Waals surface area contributed by atoms with E-state index in [1.807, 2.05) is 70.0 Å². The van der Waals surface area contributed by atoms with E-state index in [0.717, 1.165) is 29.6 Å². The molecule has 4 rings (SSSR count). The Bertz CT molecular complexity index is 1170. The van der Waals surface area contributed by atoms with Crippen LogP contribution in [0.15, 0.2) is 73.3 Å². The van der Waals surface area contributed by atoms with Crippen LogP contribution in [0.1, 0.15) is 20.3 Å². The zero-order valence-corrected chi connectivity index (χ0v) is 19.0. The number of imidazole rings is 1. The molecule has 2 aromatic heterocycles. The van der Waals surface area contributed by atoms with E-state index in [1.54, 1.807) is 26.4 Å². The maximum atomic E-state index is 12.8. The van der Waals surface area contributed by atoms with Crippen molar-refractivity contribution < 1.29 is 14.3 Å². The number of aromatic nitrogens is 4. The van der Waals surface area contributed by atoms with Gasteiger partial charge in [0, 0.05) is 25.5 Å². The van der Waals surface area contributed by atoms with Crippen LogP contribution >= 0.6 is 0 Å². The molecule has 2 aromatic carbocycles. The van der Waals surface area contributed by atoms with Gasteiger partial charge in [0.25, 0.3) is 5.91 Å². The topological polar surface area (TPSA) is 83.2 Å². The second kappa shape index (κ2) is 10.2. The molecule has 0 bridgehead atoms. The van der Waals surface area contributed by atoms with Gasteiger partial charge in [-0.15, -0.1) is 5.10 Å². The molecular formula is C25H29N5O3. The van der Waals surface area contributed by atoms with Crippen molar-refractivity contribution in [3.8, 4) is 11.6 Å². The van der Waals surface area contributed by atoms with Crippen LogP contribution in [0, 0.1) is 0 Å². The van der Waals surface area contributed by atoms with Crippen LogP contribution in [-0.2, 0) is 17.9 Å². The largest absolute Gasteiger partial charge is 0.492 e. The van der Waals surface area contributed by atoms with Gasteiger partial charge >= 0.3 is 0 Å². The van der Waals surface area contributed by atoms with E-state index < -0.39 is 5.60 Å². The standard InChI is InChI=1S/C25H29N5O3/c1-25(2,24(31)27-13-8-15-29-16-14-26-19-29)33-23-21-11-6-7-12-22(21)30(28-23)17-18-32-20-9-4-3-5-10-20/h3-7,9-12,14,16,19H,8,13,15,17-18H2,1-2H3,(H,27,31). The highest BCUT2D eigenvalue weighted by Crippen LogP contribution is 2.28. The molecule has 0 fully saturated rings. The minimum Gasteiger partial charge on any atom is -0.492 e. The summed E-state index contributed by atoms with van der Waals surface area (Å²) in [6.45, 7) is 5.88. The van der Waals surface area contributed by atoms with Crippen molar-refractivity contribution >= 4 is 16.8 Å². The van der Waals surface area contributed by atoms with E-state index in [9.17, 15) is 4.79 Å². The molecule has 0 aliphatic carbocycles. The van der Waals surface area contributed by atoms with E-state index in [-0.39, 0.29) is 5.91 Å². The first-order valence-corrected chi connectivity index (χ1v) is 11.1. The zero-order valence-electron chi connectivity index (χ0n) is 19.0. The Labute approximate surface area is 193 Å². The first-order valence-electron chi connectivity index (χ1n) is 11.1. The second-order valence-electron chi connectivity index (χ2n) is 8.23. The maximum Gasteiger partial charge on any atom is 0.263 e. The summed E-state index contributed by atoms with van der Waals surface area (Å²) in [5.74, 6) is 1.07. The third kappa shape index (κ3) is 5.71. The number of hydrogen-bond donors (Lipinski definition) is 1. The van der Waals surface area contributed by atoms with Crippen molar-refractivity contribution in [3.63, 3.8) is 0 Å². The summed E-state index contributed by atoms with van der Waals surface area (Å²) >= 11 is 0. The molecule has 0 aliphatic heterocycles. The molecule has 0 aliphatic rings. The second-order valence-corrected chi connectivity index (χ2v) is 8.23. The fourth-order valence-electron chi connectivity index (χ4n) is 3.49. The molecule has 0 spiro atoms. The van der Waals surface area contributed by atoms with Crippen LogP contribution in [0.5, 0.6) is 11.6 Å². The lowest BCUT2D eigenvalue weighted by atomic mass is 10.1. The van der Waals surface area contributed by atoms with Crippen molar-refractivity contribution in [3.05, 3.63) is 73.3 Å². The average molecular weight is 448 g/mol. The molecule has 0 radical (unpaired) electrons. The fraction of sp³-hybridized carbons (Fsp3) is 0.320. The highest BCUT2D eigenvalue weighted by molar-refractivity contribution is 5.87. The average Bonchev–Trinajstić information content (AvgIpc) is 3.46. The summed E-state index contributed by atoms with van der Waals surface area (Å²) in [4.78, 5) is 16.8. The Morgan fingerprint density at radius 2 is 1.85 bits per heavy atom. The molecule has 2 heterocycles. The number of hydrogen-bond acceptors (Lipinski definition) is 5. The monoisotopic (exact) mass is 447 g/mol. The van der Waals surface area contributed by atoms with E-state index in [2.05, 4.69) is 15.4 Å². The lowest BCUT2D eigenvalue weighted by Crippen LogP contribution is -2.47. The highest BCUT2D eigenvalue weighted by Gasteiger charge is 2.31. The molecule has 1 amide bonds. The van der Waals surface area contributed by atoms with E-state index in [4.69, 9.17) is 9.47 Å². The zero-order chi connectivity index (χ0) is 23.1. The van der Waals surface area contributed by atoms with Crippen molar-refractivity contribution in [2.45, 2.75) is 39.0 Å². The lowest BCUT2D eigenvalue weighted by molar-refractivity contribution is -0.134. The van der Waals surface area contributed by atoms with Gasteiger partial charge < -0.3 is 19.4 Å². The van der Waals surface area contributed by atoms with Gasteiger partial charge in [-0.25, -0.2) is 4.98 Å². The van der Waals surface area contributed by atoms with Crippen LogP contribution in [0.25, 0.3) is 10.9 Å². The predicted octanol–water partition coefficient (Wildman–Crippen LogP) is 3.68. The van der Waals surface area contributed by atoms with Crippen LogP contribution in [0.4, 0.5) is 0 Å². The lowest BCUT2D eigenvalue weighted by Gasteiger charge is -2.24. The maximum absolute atomic E-state index is 12.8. The SMILES string of the molecule is CC(C)(Oc1nn(CCOc2ccccc2)c2ccccc12)C(=O)NCCCn1ccnc1. The summed E-state index contributed by atoms with van der Waals surface area (Å²) in [5, 5.41) is 8.46. The van der Waals surface area contributed by atoms with Gasteiger partial charge in [-0.1, -0.05) is 30.3 Å². The molecule has 33 heavy (non-hydrogen) atoms. The molecule has 0 atom stereocenters. The third-order valence-corrected chi connectivity index (χ3v) is 5.28. The van der Waals surface area contributed by atoms with Gasteiger partial charge in [-0.05, 0) is 44.5 Å². The molecule has 0 saturated carbocycles. The number of benzene rings is 2. The number of fused-ring (bicyclic) bond motifs is 1. The van der Waals surface area contributed by atoms with Crippen molar-refractivity contribution in [2.75, 3.05) is 13.2 Å². The van der Waals surface area contributed by atoms with Gasteiger partial charge in [0.15, 0.2) is 5.60 Å². The summed E-state index contributed by atoms with van der Waals surface area (Å²) in [7, 11) is 0.